The standard InChI is InChI=1S/C28H22Br2N2O6S/c29-19-3-1-5-23(15-19)37-17-27(33)31-21-7-11-25(12-8-21)39(35,36)26-13-9-22(10-14-26)32-28(34)18-38-24-6-2-4-20(30)16-24/h1-16H,17-18H2,(H,31,33)(H,32,34). The minimum absolute atomic E-state index is 0.0603. The van der Waals surface area contributed by atoms with E-state index in [9.17, 15) is 18.0 Å². The number of amides is 2. The van der Waals surface area contributed by atoms with E-state index in [0.29, 0.717) is 22.9 Å². The van der Waals surface area contributed by atoms with Crippen molar-refractivity contribution in [3.05, 3.63) is 106 Å². The van der Waals surface area contributed by atoms with Crippen molar-refractivity contribution in [3.8, 4) is 11.5 Å². The molecule has 0 unspecified atom stereocenters. The highest BCUT2D eigenvalue weighted by Gasteiger charge is 2.18. The van der Waals surface area contributed by atoms with Crippen LogP contribution in [0.4, 0.5) is 11.4 Å². The van der Waals surface area contributed by atoms with Crippen molar-refractivity contribution in [1.82, 2.24) is 0 Å². The maximum atomic E-state index is 13.1. The maximum absolute atomic E-state index is 13.1. The lowest BCUT2D eigenvalue weighted by Gasteiger charge is -2.10. The molecule has 0 fully saturated rings. The van der Waals surface area contributed by atoms with E-state index in [1.54, 1.807) is 36.4 Å². The summed E-state index contributed by atoms with van der Waals surface area (Å²) in [7, 11) is -3.81. The van der Waals surface area contributed by atoms with Gasteiger partial charge in [-0.05, 0) is 84.9 Å². The number of hydrogen-bond acceptors (Lipinski definition) is 6. The minimum atomic E-state index is -3.81. The Labute approximate surface area is 242 Å². The van der Waals surface area contributed by atoms with Gasteiger partial charge in [0.25, 0.3) is 11.8 Å². The fraction of sp³-hybridized carbons (Fsp3) is 0.0714. The summed E-state index contributed by atoms with van der Waals surface area (Å²) in [5.74, 6) is 0.316. The smallest absolute Gasteiger partial charge is 0.262 e. The number of anilines is 2. The molecule has 2 N–H and O–H groups in total. The van der Waals surface area contributed by atoms with Crippen molar-refractivity contribution in [2.75, 3.05) is 23.8 Å². The van der Waals surface area contributed by atoms with Crippen LogP contribution in [-0.2, 0) is 19.4 Å². The van der Waals surface area contributed by atoms with E-state index in [4.69, 9.17) is 9.47 Å². The van der Waals surface area contributed by atoms with Crippen molar-refractivity contribution in [3.63, 3.8) is 0 Å². The van der Waals surface area contributed by atoms with Crippen molar-refractivity contribution in [2.45, 2.75) is 9.79 Å². The Morgan fingerprint density at radius 1 is 0.615 bits per heavy atom. The molecule has 0 atom stereocenters. The van der Waals surface area contributed by atoms with E-state index in [1.807, 2.05) is 12.1 Å². The fourth-order valence-electron chi connectivity index (χ4n) is 3.38. The predicted molar refractivity (Wildman–Crippen MR) is 155 cm³/mol. The average Bonchev–Trinajstić information content (AvgIpc) is 2.91. The summed E-state index contributed by atoms with van der Waals surface area (Å²) in [5.41, 5.74) is 0.861. The largest absolute Gasteiger partial charge is 0.484 e. The summed E-state index contributed by atoms with van der Waals surface area (Å²) < 4.78 is 38.7. The number of hydrogen-bond donors (Lipinski definition) is 2. The molecule has 0 spiro atoms. The number of ether oxygens (including phenoxy) is 2. The summed E-state index contributed by atoms with van der Waals surface area (Å²) >= 11 is 6.68. The second-order valence-corrected chi connectivity index (χ2v) is 11.9. The Bertz CT molecular complexity index is 1460. The van der Waals surface area contributed by atoms with E-state index < -0.39 is 9.84 Å². The van der Waals surface area contributed by atoms with Gasteiger partial charge in [-0.25, -0.2) is 8.42 Å². The molecule has 0 saturated carbocycles. The molecular weight excluding hydrogens is 652 g/mol. The molecule has 2 amide bonds. The third kappa shape index (κ3) is 8.16. The van der Waals surface area contributed by atoms with Gasteiger partial charge >= 0.3 is 0 Å². The highest BCUT2D eigenvalue weighted by atomic mass is 79.9. The first-order valence-electron chi connectivity index (χ1n) is 11.5. The monoisotopic (exact) mass is 672 g/mol. The number of carbonyl (C=O) groups excluding carboxylic acids is 2. The Morgan fingerprint density at radius 2 is 1.00 bits per heavy atom. The van der Waals surface area contributed by atoms with E-state index in [1.165, 1.54) is 48.5 Å². The molecular formula is C28H22Br2N2O6S. The molecule has 4 aromatic rings. The van der Waals surface area contributed by atoms with Crippen LogP contribution in [0.5, 0.6) is 11.5 Å². The van der Waals surface area contributed by atoms with Gasteiger partial charge in [0.1, 0.15) is 11.5 Å². The van der Waals surface area contributed by atoms with Gasteiger partial charge in [-0.3, -0.25) is 9.59 Å². The van der Waals surface area contributed by atoms with Crippen molar-refractivity contribution >= 4 is 64.9 Å². The van der Waals surface area contributed by atoms with Gasteiger partial charge in [-0.2, -0.15) is 0 Å². The quantitative estimate of drug-likeness (QED) is 0.211. The Morgan fingerprint density at radius 3 is 1.36 bits per heavy atom. The van der Waals surface area contributed by atoms with Gasteiger partial charge < -0.3 is 20.1 Å². The van der Waals surface area contributed by atoms with Crippen LogP contribution in [-0.4, -0.2) is 33.4 Å². The normalized spacial score (nSPS) is 10.9. The summed E-state index contributed by atoms with van der Waals surface area (Å²) in [6.07, 6.45) is 0. The fourth-order valence-corrected chi connectivity index (χ4v) is 5.39. The van der Waals surface area contributed by atoms with Crippen LogP contribution >= 0.6 is 31.9 Å². The van der Waals surface area contributed by atoms with Gasteiger partial charge in [-0.1, -0.05) is 44.0 Å². The molecule has 0 saturated heterocycles. The number of rotatable bonds is 10. The molecule has 200 valence electrons. The van der Waals surface area contributed by atoms with Crippen molar-refractivity contribution in [1.29, 1.82) is 0 Å². The third-order valence-corrected chi connectivity index (χ3v) is 8.00. The van der Waals surface area contributed by atoms with E-state index in [-0.39, 0.29) is 34.8 Å². The number of nitrogens with one attached hydrogen (secondary N) is 2. The number of carbonyl (C=O) groups is 2. The summed E-state index contributed by atoms with van der Waals surface area (Å²) in [6.45, 7) is -0.398. The van der Waals surface area contributed by atoms with Crippen LogP contribution in [0.3, 0.4) is 0 Å². The molecule has 0 aromatic heterocycles. The number of sulfone groups is 1. The predicted octanol–water partition coefficient (Wildman–Crippen LogP) is 6.08. The van der Waals surface area contributed by atoms with Crippen LogP contribution < -0.4 is 20.1 Å². The number of benzene rings is 4. The van der Waals surface area contributed by atoms with Crippen LogP contribution in [0, 0.1) is 0 Å². The Hall–Kier alpha value is -3.67. The van der Waals surface area contributed by atoms with Gasteiger partial charge in [0.15, 0.2) is 13.2 Å². The molecule has 11 heteroatoms. The zero-order chi connectivity index (χ0) is 27.8. The van der Waals surface area contributed by atoms with Gasteiger partial charge in [0, 0.05) is 20.3 Å². The molecule has 0 aliphatic carbocycles. The maximum Gasteiger partial charge on any atom is 0.262 e. The first kappa shape index (κ1) is 28.3. The zero-order valence-electron chi connectivity index (χ0n) is 20.3. The SMILES string of the molecule is O=C(COc1cccc(Br)c1)Nc1ccc(S(=O)(=O)c2ccc(NC(=O)COc3cccc(Br)c3)cc2)cc1. The van der Waals surface area contributed by atoms with Gasteiger partial charge in [-0.15, -0.1) is 0 Å². The summed E-state index contributed by atoms with van der Waals surface area (Å²) in [4.78, 5) is 24.5. The first-order valence-corrected chi connectivity index (χ1v) is 14.6. The molecule has 0 heterocycles. The summed E-state index contributed by atoms with van der Waals surface area (Å²) in [6, 6.07) is 25.9. The molecule has 0 aliphatic heterocycles. The highest BCUT2D eigenvalue weighted by Crippen LogP contribution is 2.24. The Kier molecular flexibility index (Phi) is 9.39. The molecule has 0 radical (unpaired) electrons. The van der Waals surface area contributed by atoms with Gasteiger partial charge in [0.05, 0.1) is 9.79 Å². The van der Waals surface area contributed by atoms with Gasteiger partial charge in [0.2, 0.25) is 9.84 Å². The van der Waals surface area contributed by atoms with Crippen LogP contribution in [0.15, 0.2) is 116 Å². The average molecular weight is 674 g/mol. The number of halogens is 2. The van der Waals surface area contributed by atoms with E-state index in [2.05, 4.69) is 42.5 Å². The second kappa shape index (κ2) is 12.9. The molecule has 8 nitrogen and oxygen atoms in total. The summed E-state index contributed by atoms with van der Waals surface area (Å²) in [5, 5.41) is 5.34. The van der Waals surface area contributed by atoms with Crippen LogP contribution in [0.2, 0.25) is 0 Å². The second-order valence-electron chi connectivity index (χ2n) is 8.14. The molecule has 4 aromatic carbocycles. The van der Waals surface area contributed by atoms with Crippen LogP contribution in [0.1, 0.15) is 0 Å². The minimum Gasteiger partial charge on any atom is -0.484 e. The molecule has 4 rings (SSSR count). The lowest BCUT2D eigenvalue weighted by Crippen LogP contribution is -2.20. The van der Waals surface area contributed by atoms with Crippen molar-refractivity contribution in [2.24, 2.45) is 0 Å². The zero-order valence-corrected chi connectivity index (χ0v) is 24.3. The lowest BCUT2D eigenvalue weighted by atomic mass is 10.3. The third-order valence-electron chi connectivity index (χ3n) is 5.23. The molecule has 0 bridgehead atoms. The topological polar surface area (TPSA) is 111 Å². The molecule has 0 aliphatic rings. The first-order chi connectivity index (χ1) is 18.7. The highest BCUT2D eigenvalue weighted by molar-refractivity contribution is 9.10. The Balaban J connectivity index is 1.31. The van der Waals surface area contributed by atoms with Crippen LogP contribution in [0.25, 0.3) is 0 Å². The lowest BCUT2D eigenvalue weighted by molar-refractivity contribution is -0.118. The molecule has 39 heavy (non-hydrogen) atoms. The van der Waals surface area contributed by atoms with E-state index in [0.717, 1.165) is 8.95 Å². The van der Waals surface area contributed by atoms with Crippen molar-refractivity contribution < 1.29 is 27.5 Å². The van der Waals surface area contributed by atoms with E-state index >= 15 is 0 Å².